The van der Waals surface area contributed by atoms with Gasteiger partial charge in [0.25, 0.3) is 0 Å². The van der Waals surface area contributed by atoms with E-state index in [0.717, 1.165) is 0 Å². The molecule has 0 aromatic heterocycles. The van der Waals surface area contributed by atoms with Crippen molar-refractivity contribution in [3.8, 4) is 0 Å². The fourth-order valence-corrected chi connectivity index (χ4v) is 1.17. The summed E-state index contributed by atoms with van der Waals surface area (Å²) in [6.45, 7) is 7.33. The molecule has 0 unspecified atom stereocenters. The van der Waals surface area contributed by atoms with Crippen molar-refractivity contribution in [1.29, 1.82) is 0 Å². The van der Waals surface area contributed by atoms with Crippen molar-refractivity contribution in [3.05, 3.63) is 25.3 Å². The first-order valence-electron chi connectivity index (χ1n) is 5.14. The number of nitrogens with zero attached hydrogens (tertiary/aromatic N) is 1. The van der Waals surface area contributed by atoms with Gasteiger partial charge in [-0.25, -0.2) is 9.59 Å². The summed E-state index contributed by atoms with van der Waals surface area (Å²) in [6, 6.07) is -2.14. The molecule has 18 heavy (non-hydrogen) atoms. The summed E-state index contributed by atoms with van der Waals surface area (Å²) in [7, 11) is 0. The molecule has 100 valence electrons. The minimum Gasteiger partial charge on any atom is -0.481 e. The molecule has 0 aromatic carbocycles. The average Bonchev–Trinajstić information content (AvgIpc) is 2.27. The first-order valence-corrected chi connectivity index (χ1v) is 5.14. The molecule has 0 bridgehead atoms. The number of nitrogens with one attached hydrogen (secondary N) is 1. The summed E-state index contributed by atoms with van der Waals surface area (Å²) < 4.78 is 0. The van der Waals surface area contributed by atoms with Crippen LogP contribution in [0.4, 0.5) is 4.79 Å². The SMILES string of the molecule is C=CCN(CC=C)C(=O)N[C@H](CC(=O)O)C(=O)O. The van der Waals surface area contributed by atoms with E-state index in [0.29, 0.717) is 0 Å². The molecule has 3 N–H and O–H groups in total. The third-order valence-corrected chi connectivity index (χ3v) is 1.96. The number of urea groups is 1. The van der Waals surface area contributed by atoms with Crippen LogP contribution in [0.25, 0.3) is 0 Å². The Balaban J connectivity index is 4.63. The monoisotopic (exact) mass is 256 g/mol. The normalized spacial score (nSPS) is 11.1. The summed E-state index contributed by atoms with van der Waals surface area (Å²) >= 11 is 0. The van der Waals surface area contributed by atoms with Gasteiger partial charge in [0.15, 0.2) is 0 Å². The van der Waals surface area contributed by atoms with Crippen molar-refractivity contribution in [2.24, 2.45) is 0 Å². The quantitative estimate of drug-likeness (QED) is 0.541. The Morgan fingerprint density at radius 2 is 1.67 bits per heavy atom. The molecule has 0 spiro atoms. The van der Waals surface area contributed by atoms with Crippen LogP contribution in [0.3, 0.4) is 0 Å². The number of carbonyl (C=O) groups is 3. The second kappa shape index (κ2) is 7.88. The maximum atomic E-state index is 11.7. The van der Waals surface area contributed by atoms with Gasteiger partial charge in [-0.05, 0) is 0 Å². The van der Waals surface area contributed by atoms with E-state index in [9.17, 15) is 14.4 Å². The van der Waals surface area contributed by atoms with E-state index >= 15 is 0 Å². The van der Waals surface area contributed by atoms with Crippen molar-refractivity contribution in [3.63, 3.8) is 0 Å². The molecule has 0 radical (unpaired) electrons. The number of hydrogen-bond donors (Lipinski definition) is 3. The first kappa shape index (κ1) is 15.7. The van der Waals surface area contributed by atoms with Crippen LogP contribution < -0.4 is 5.32 Å². The summed E-state index contributed by atoms with van der Waals surface area (Å²) in [6.07, 6.45) is 2.25. The third-order valence-electron chi connectivity index (χ3n) is 1.96. The van der Waals surface area contributed by atoms with Crippen LogP contribution in [0, 0.1) is 0 Å². The van der Waals surface area contributed by atoms with Crippen LogP contribution in [0.5, 0.6) is 0 Å². The second-order valence-electron chi connectivity index (χ2n) is 3.42. The van der Waals surface area contributed by atoms with Crippen LogP contribution in [-0.4, -0.2) is 52.2 Å². The lowest BCUT2D eigenvalue weighted by Gasteiger charge is -2.22. The van der Waals surface area contributed by atoms with E-state index in [1.54, 1.807) is 0 Å². The standard InChI is InChI=1S/C11H16N2O5/c1-3-5-13(6-4-2)11(18)12-8(10(16)17)7-9(14)15/h3-4,8H,1-2,5-7H2,(H,12,18)(H,14,15)(H,16,17)/t8-/m1/s1. The molecule has 7 nitrogen and oxygen atoms in total. The number of aliphatic carboxylic acids is 2. The smallest absolute Gasteiger partial charge is 0.326 e. The highest BCUT2D eigenvalue weighted by Crippen LogP contribution is 1.97. The van der Waals surface area contributed by atoms with E-state index in [2.05, 4.69) is 18.5 Å². The van der Waals surface area contributed by atoms with Crippen LogP contribution in [0.1, 0.15) is 6.42 Å². The molecule has 0 saturated heterocycles. The summed E-state index contributed by atoms with van der Waals surface area (Å²) in [5, 5.41) is 19.4. The molecule has 2 amide bonds. The number of rotatable bonds is 8. The van der Waals surface area contributed by atoms with E-state index in [-0.39, 0.29) is 13.1 Å². The molecule has 0 rings (SSSR count). The van der Waals surface area contributed by atoms with Gasteiger partial charge in [0.1, 0.15) is 6.04 Å². The Kier molecular flexibility index (Phi) is 6.87. The summed E-state index contributed by atoms with van der Waals surface area (Å²) in [5.41, 5.74) is 0. The highest BCUT2D eigenvalue weighted by molar-refractivity contribution is 5.86. The zero-order chi connectivity index (χ0) is 14.1. The molecular weight excluding hydrogens is 240 g/mol. The Morgan fingerprint density at radius 1 is 1.17 bits per heavy atom. The molecule has 1 atom stereocenters. The van der Waals surface area contributed by atoms with Crippen molar-refractivity contribution < 1.29 is 24.6 Å². The lowest BCUT2D eigenvalue weighted by atomic mass is 10.2. The number of carboxylic acid groups (broad SMARTS) is 2. The summed E-state index contributed by atoms with van der Waals surface area (Å²) in [4.78, 5) is 34.2. The number of carboxylic acids is 2. The molecule has 0 aromatic rings. The lowest BCUT2D eigenvalue weighted by molar-refractivity contribution is -0.145. The fourth-order valence-electron chi connectivity index (χ4n) is 1.17. The van der Waals surface area contributed by atoms with Crippen molar-refractivity contribution in [2.75, 3.05) is 13.1 Å². The van der Waals surface area contributed by atoms with Gasteiger partial charge in [-0.2, -0.15) is 0 Å². The fraction of sp³-hybridized carbons (Fsp3) is 0.364. The van der Waals surface area contributed by atoms with Crippen LogP contribution in [0.2, 0.25) is 0 Å². The van der Waals surface area contributed by atoms with Gasteiger partial charge < -0.3 is 20.4 Å². The predicted molar refractivity (Wildman–Crippen MR) is 64.2 cm³/mol. The predicted octanol–water partition coefficient (Wildman–Crippen LogP) is 0.298. The van der Waals surface area contributed by atoms with Gasteiger partial charge in [-0.1, -0.05) is 12.2 Å². The zero-order valence-electron chi connectivity index (χ0n) is 9.83. The minimum atomic E-state index is -1.47. The molecule has 0 aliphatic heterocycles. The Bertz CT molecular complexity index is 343. The molecule has 0 fully saturated rings. The zero-order valence-corrected chi connectivity index (χ0v) is 9.83. The third kappa shape index (κ3) is 5.69. The Hall–Kier alpha value is -2.31. The molecular formula is C11H16N2O5. The minimum absolute atomic E-state index is 0.206. The topological polar surface area (TPSA) is 107 Å². The van der Waals surface area contributed by atoms with Crippen molar-refractivity contribution in [1.82, 2.24) is 10.2 Å². The van der Waals surface area contributed by atoms with Gasteiger partial charge >= 0.3 is 18.0 Å². The largest absolute Gasteiger partial charge is 0.481 e. The lowest BCUT2D eigenvalue weighted by Crippen LogP contribution is -2.48. The maximum absolute atomic E-state index is 11.7. The van der Waals surface area contributed by atoms with Gasteiger partial charge in [-0.15, -0.1) is 13.2 Å². The molecule has 0 aliphatic rings. The van der Waals surface area contributed by atoms with E-state index in [4.69, 9.17) is 10.2 Å². The second-order valence-corrected chi connectivity index (χ2v) is 3.42. The average molecular weight is 256 g/mol. The van der Waals surface area contributed by atoms with Crippen LogP contribution in [-0.2, 0) is 9.59 Å². The molecule has 0 heterocycles. The van der Waals surface area contributed by atoms with Gasteiger partial charge in [-0.3, -0.25) is 4.79 Å². The maximum Gasteiger partial charge on any atom is 0.326 e. The molecule has 0 saturated carbocycles. The summed E-state index contributed by atoms with van der Waals surface area (Å²) in [5.74, 6) is -2.70. The van der Waals surface area contributed by atoms with Crippen molar-refractivity contribution in [2.45, 2.75) is 12.5 Å². The van der Waals surface area contributed by atoms with E-state index in [1.807, 2.05) is 0 Å². The highest BCUT2D eigenvalue weighted by Gasteiger charge is 2.24. The Morgan fingerprint density at radius 3 is 2.00 bits per heavy atom. The van der Waals surface area contributed by atoms with Gasteiger partial charge in [0, 0.05) is 13.1 Å². The molecule has 7 heteroatoms. The number of amides is 2. The number of carbonyl (C=O) groups excluding carboxylic acids is 1. The van der Waals surface area contributed by atoms with Gasteiger partial charge in [0.05, 0.1) is 6.42 Å². The van der Waals surface area contributed by atoms with Gasteiger partial charge in [0.2, 0.25) is 0 Å². The highest BCUT2D eigenvalue weighted by atomic mass is 16.4. The van der Waals surface area contributed by atoms with Crippen molar-refractivity contribution >= 4 is 18.0 Å². The van der Waals surface area contributed by atoms with Crippen LogP contribution >= 0.6 is 0 Å². The first-order chi connectivity index (χ1) is 8.42. The molecule has 0 aliphatic carbocycles. The van der Waals surface area contributed by atoms with Crippen LogP contribution in [0.15, 0.2) is 25.3 Å². The number of hydrogen-bond acceptors (Lipinski definition) is 3. The van der Waals surface area contributed by atoms with E-state index in [1.165, 1.54) is 17.1 Å². The van der Waals surface area contributed by atoms with E-state index < -0.39 is 30.4 Å². The Labute approximate surface area is 104 Å².